The van der Waals surface area contributed by atoms with Gasteiger partial charge in [-0.3, -0.25) is 9.69 Å². The highest BCUT2D eigenvalue weighted by Crippen LogP contribution is 2.23. The molecule has 0 saturated heterocycles. The predicted octanol–water partition coefficient (Wildman–Crippen LogP) is 2.28. The van der Waals surface area contributed by atoms with Crippen LogP contribution in [0, 0.1) is 0 Å². The number of aromatic hydroxyl groups is 1. The molecule has 1 aromatic heterocycles. The van der Waals surface area contributed by atoms with Crippen molar-refractivity contribution in [2.75, 3.05) is 12.3 Å². The quantitative estimate of drug-likeness (QED) is 0.631. The molecule has 0 radical (unpaired) electrons. The molecule has 0 atom stereocenters. The van der Waals surface area contributed by atoms with Crippen molar-refractivity contribution in [2.24, 2.45) is 0 Å². The minimum atomic E-state index is -0.0796. The van der Waals surface area contributed by atoms with Crippen molar-refractivity contribution in [2.45, 2.75) is 19.5 Å². The summed E-state index contributed by atoms with van der Waals surface area (Å²) in [4.78, 5) is 22.2. The van der Waals surface area contributed by atoms with Crippen molar-refractivity contribution < 1.29 is 5.11 Å². The lowest BCUT2D eigenvalue weighted by Crippen LogP contribution is -2.35. The number of fused-ring (bicyclic) bond motifs is 1. The fourth-order valence-electron chi connectivity index (χ4n) is 3.29. The number of aromatic amines is 1. The molecule has 0 amide bonds. The Morgan fingerprint density at radius 1 is 1.15 bits per heavy atom. The van der Waals surface area contributed by atoms with Crippen LogP contribution in [0.5, 0.6) is 5.75 Å². The van der Waals surface area contributed by atoms with Gasteiger partial charge < -0.3 is 15.8 Å². The number of nitrogens with zero attached hydrogens (tertiary/aromatic N) is 2. The molecule has 2 heterocycles. The largest absolute Gasteiger partial charge is 0.508 e. The lowest BCUT2D eigenvalue weighted by Gasteiger charge is -2.28. The van der Waals surface area contributed by atoms with E-state index in [1.54, 1.807) is 18.2 Å². The van der Waals surface area contributed by atoms with Crippen molar-refractivity contribution in [3.8, 4) is 17.1 Å². The van der Waals surface area contributed by atoms with Gasteiger partial charge in [0.2, 0.25) is 0 Å². The average molecular weight is 348 g/mol. The molecule has 0 fully saturated rings. The summed E-state index contributed by atoms with van der Waals surface area (Å²) >= 11 is 0. The van der Waals surface area contributed by atoms with E-state index < -0.39 is 0 Å². The highest BCUT2D eigenvalue weighted by Gasteiger charge is 2.22. The highest BCUT2D eigenvalue weighted by molar-refractivity contribution is 5.58. The number of nitrogens with two attached hydrogens (primary N) is 1. The molecule has 26 heavy (non-hydrogen) atoms. The summed E-state index contributed by atoms with van der Waals surface area (Å²) in [7, 11) is 0. The summed E-state index contributed by atoms with van der Waals surface area (Å²) in [5.74, 6) is 0.845. The Balaban J connectivity index is 1.62. The number of benzene rings is 2. The molecule has 1 aliphatic heterocycles. The number of para-hydroxylation sites is 1. The van der Waals surface area contributed by atoms with E-state index in [-0.39, 0.29) is 5.56 Å². The third kappa shape index (κ3) is 3.19. The van der Waals surface area contributed by atoms with E-state index in [2.05, 4.69) is 14.9 Å². The van der Waals surface area contributed by atoms with Gasteiger partial charge in [0, 0.05) is 42.0 Å². The Morgan fingerprint density at radius 3 is 2.69 bits per heavy atom. The normalized spacial score (nSPS) is 14.2. The predicted molar refractivity (Wildman–Crippen MR) is 101 cm³/mol. The molecular formula is C20H20N4O2. The van der Waals surface area contributed by atoms with Gasteiger partial charge in [0.1, 0.15) is 11.6 Å². The molecule has 0 saturated carbocycles. The monoisotopic (exact) mass is 348 g/mol. The molecular weight excluding hydrogens is 328 g/mol. The summed E-state index contributed by atoms with van der Waals surface area (Å²) < 4.78 is 0. The number of phenols is 1. The van der Waals surface area contributed by atoms with Gasteiger partial charge in [-0.15, -0.1) is 0 Å². The molecule has 0 spiro atoms. The lowest BCUT2D eigenvalue weighted by atomic mass is 10.0. The SMILES string of the molecule is Nc1ccc(-c2nc3c(c(=O)[nH]2)CCN(Cc2ccccc2O)C3)cc1. The van der Waals surface area contributed by atoms with Gasteiger partial charge in [-0.2, -0.15) is 0 Å². The maximum Gasteiger partial charge on any atom is 0.254 e. The number of rotatable bonds is 3. The third-order valence-electron chi connectivity index (χ3n) is 4.72. The molecule has 3 aromatic rings. The molecule has 6 heteroatoms. The number of hydrogen-bond acceptors (Lipinski definition) is 5. The smallest absolute Gasteiger partial charge is 0.254 e. The maximum atomic E-state index is 12.5. The van der Waals surface area contributed by atoms with Crippen LogP contribution < -0.4 is 11.3 Å². The first-order chi connectivity index (χ1) is 12.6. The van der Waals surface area contributed by atoms with Crippen molar-refractivity contribution in [3.63, 3.8) is 0 Å². The zero-order chi connectivity index (χ0) is 18.1. The van der Waals surface area contributed by atoms with E-state index in [0.29, 0.717) is 36.8 Å². The number of nitrogens with one attached hydrogen (secondary N) is 1. The third-order valence-corrected chi connectivity index (χ3v) is 4.72. The minimum absolute atomic E-state index is 0.0796. The van der Waals surface area contributed by atoms with E-state index >= 15 is 0 Å². The van der Waals surface area contributed by atoms with Crippen LogP contribution in [0.15, 0.2) is 53.3 Å². The van der Waals surface area contributed by atoms with Crippen LogP contribution in [0.3, 0.4) is 0 Å². The van der Waals surface area contributed by atoms with Crippen LogP contribution >= 0.6 is 0 Å². The number of nitrogen functional groups attached to an aromatic ring is 1. The van der Waals surface area contributed by atoms with Crippen LogP contribution in [0.4, 0.5) is 5.69 Å². The van der Waals surface area contributed by atoms with E-state index in [0.717, 1.165) is 28.9 Å². The Morgan fingerprint density at radius 2 is 1.92 bits per heavy atom. The van der Waals surface area contributed by atoms with E-state index in [9.17, 15) is 9.90 Å². The van der Waals surface area contributed by atoms with Gasteiger partial charge >= 0.3 is 0 Å². The van der Waals surface area contributed by atoms with Crippen molar-refractivity contribution in [1.82, 2.24) is 14.9 Å². The second-order valence-electron chi connectivity index (χ2n) is 6.55. The molecule has 4 N–H and O–H groups in total. The van der Waals surface area contributed by atoms with Crippen molar-refractivity contribution in [1.29, 1.82) is 0 Å². The number of aromatic nitrogens is 2. The van der Waals surface area contributed by atoms with E-state index in [4.69, 9.17) is 5.73 Å². The summed E-state index contributed by atoms with van der Waals surface area (Å²) in [6.45, 7) is 1.96. The highest BCUT2D eigenvalue weighted by atomic mass is 16.3. The number of phenolic OH excluding ortho intramolecular Hbond substituents is 1. The van der Waals surface area contributed by atoms with E-state index in [1.807, 2.05) is 30.3 Å². The summed E-state index contributed by atoms with van der Waals surface area (Å²) in [5, 5.41) is 9.99. The first kappa shape index (κ1) is 16.4. The zero-order valence-electron chi connectivity index (χ0n) is 14.3. The Bertz CT molecular complexity index is 995. The molecule has 0 aliphatic carbocycles. The topological polar surface area (TPSA) is 95.2 Å². The fraction of sp³-hybridized carbons (Fsp3) is 0.200. The molecule has 6 nitrogen and oxygen atoms in total. The fourth-order valence-corrected chi connectivity index (χ4v) is 3.29. The maximum absolute atomic E-state index is 12.5. The Hall–Kier alpha value is -3.12. The van der Waals surface area contributed by atoms with Gasteiger partial charge in [0.05, 0.1) is 5.69 Å². The van der Waals surface area contributed by atoms with Gasteiger partial charge in [-0.1, -0.05) is 18.2 Å². The van der Waals surface area contributed by atoms with Crippen LogP contribution in [-0.4, -0.2) is 26.5 Å². The van der Waals surface area contributed by atoms with Crippen molar-refractivity contribution >= 4 is 5.69 Å². The minimum Gasteiger partial charge on any atom is -0.508 e. The van der Waals surface area contributed by atoms with E-state index in [1.165, 1.54) is 0 Å². The second kappa shape index (κ2) is 6.65. The van der Waals surface area contributed by atoms with Crippen LogP contribution in [0.2, 0.25) is 0 Å². The summed E-state index contributed by atoms with van der Waals surface area (Å²) in [5.41, 5.74) is 9.57. The lowest BCUT2D eigenvalue weighted by molar-refractivity contribution is 0.237. The molecule has 0 bridgehead atoms. The molecule has 4 rings (SSSR count). The number of H-pyrrole nitrogens is 1. The van der Waals surface area contributed by atoms with Gasteiger partial charge in [0.25, 0.3) is 5.56 Å². The Labute approximate surface area is 150 Å². The zero-order valence-corrected chi connectivity index (χ0v) is 14.3. The number of anilines is 1. The Kier molecular flexibility index (Phi) is 4.18. The molecule has 132 valence electrons. The first-order valence-corrected chi connectivity index (χ1v) is 8.57. The molecule has 2 aromatic carbocycles. The first-order valence-electron chi connectivity index (χ1n) is 8.57. The van der Waals surface area contributed by atoms with Crippen molar-refractivity contribution in [3.05, 3.63) is 75.7 Å². The van der Waals surface area contributed by atoms with Crippen LogP contribution in [0.25, 0.3) is 11.4 Å². The summed E-state index contributed by atoms with van der Waals surface area (Å²) in [6.07, 6.45) is 0.646. The standard InChI is InChI=1S/C20H20N4O2/c21-15-7-5-13(6-8-15)19-22-17-12-24(10-9-16(17)20(26)23-19)11-14-3-1-2-4-18(14)25/h1-8,25H,9-12,21H2,(H,22,23,26). The number of hydrogen-bond donors (Lipinski definition) is 3. The molecule has 0 unspecified atom stereocenters. The van der Waals surface area contributed by atoms with Gasteiger partial charge in [0.15, 0.2) is 0 Å². The van der Waals surface area contributed by atoms with Gasteiger partial charge in [-0.05, 0) is 36.8 Å². The van der Waals surface area contributed by atoms with Crippen LogP contribution in [-0.2, 0) is 19.5 Å². The molecule has 1 aliphatic rings. The van der Waals surface area contributed by atoms with Crippen LogP contribution in [0.1, 0.15) is 16.8 Å². The average Bonchev–Trinajstić information content (AvgIpc) is 2.64. The van der Waals surface area contributed by atoms with Gasteiger partial charge in [-0.25, -0.2) is 4.98 Å². The summed E-state index contributed by atoms with van der Waals surface area (Å²) in [6, 6.07) is 14.6. The second-order valence-corrected chi connectivity index (χ2v) is 6.55.